The van der Waals surface area contributed by atoms with Gasteiger partial charge in [-0.15, -0.1) is 0 Å². The van der Waals surface area contributed by atoms with Gasteiger partial charge in [0.15, 0.2) is 5.82 Å². The predicted octanol–water partition coefficient (Wildman–Crippen LogP) is 5.25. The molecule has 0 saturated carbocycles. The van der Waals surface area contributed by atoms with E-state index in [0.29, 0.717) is 36.6 Å². The highest BCUT2D eigenvalue weighted by molar-refractivity contribution is 6.05. The molecule has 3 aromatic rings. The molecule has 1 aliphatic rings. The van der Waals surface area contributed by atoms with E-state index >= 15 is 0 Å². The van der Waals surface area contributed by atoms with E-state index in [1.807, 2.05) is 13.8 Å². The van der Waals surface area contributed by atoms with Gasteiger partial charge in [-0.3, -0.25) is 9.69 Å². The van der Waals surface area contributed by atoms with Crippen molar-refractivity contribution >= 4 is 41.1 Å². The summed E-state index contributed by atoms with van der Waals surface area (Å²) in [5.74, 6) is -3.35. The first-order valence-electron chi connectivity index (χ1n) is 14.1. The van der Waals surface area contributed by atoms with Crippen LogP contribution in [0.25, 0.3) is 0 Å². The van der Waals surface area contributed by atoms with Gasteiger partial charge >= 0.3 is 24.1 Å². The number of alkyl halides is 3. The first kappa shape index (κ1) is 32.0. The molecular formula is C30H33F3N6O5. The Hall–Kier alpha value is -4.88. The van der Waals surface area contributed by atoms with Gasteiger partial charge in [0.05, 0.1) is 6.20 Å². The van der Waals surface area contributed by atoms with Crippen LogP contribution in [0.4, 0.5) is 41.1 Å². The fraction of sp³-hybridized carbons (Fsp3) is 0.367. The molecule has 1 fully saturated rings. The third kappa shape index (κ3) is 7.74. The predicted molar refractivity (Wildman–Crippen MR) is 157 cm³/mol. The lowest BCUT2D eigenvalue weighted by Gasteiger charge is -2.28. The second-order valence-corrected chi connectivity index (χ2v) is 10.00. The molecule has 1 aromatic heterocycles. The standard InChI is InChI=1S/C30H33F3N6O5/c1-3-37(4-2)28-34-19-24(39(27(42)30(31,32)33)21-10-6-5-7-11-21)25(36-28)35-23(26(40)41)18-20-12-14-22(15-13-20)44-29(43)38-16-8-9-17-38/h5-7,10-15,19,23H,3-4,8-9,16-18H2,1-2H3,(H,40,41)(H,34,35,36)/t23-/m0/s1. The highest BCUT2D eigenvalue weighted by atomic mass is 19.4. The van der Waals surface area contributed by atoms with Gasteiger partial charge in [-0.2, -0.15) is 18.2 Å². The van der Waals surface area contributed by atoms with E-state index in [1.54, 1.807) is 28.0 Å². The van der Waals surface area contributed by atoms with E-state index in [9.17, 15) is 32.7 Å². The first-order valence-corrected chi connectivity index (χ1v) is 14.1. The zero-order valence-corrected chi connectivity index (χ0v) is 24.3. The van der Waals surface area contributed by atoms with Crippen LogP contribution in [0, 0.1) is 0 Å². The second-order valence-electron chi connectivity index (χ2n) is 10.00. The number of carboxylic acids is 1. The maximum absolute atomic E-state index is 13.8. The van der Waals surface area contributed by atoms with Gasteiger partial charge in [0, 0.05) is 38.3 Å². The van der Waals surface area contributed by atoms with Gasteiger partial charge in [0.2, 0.25) is 5.95 Å². The summed E-state index contributed by atoms with van der Waals surface area (Å²) in [7, 11) is 0. The van der Waals surface area contributed by atoms with Crippen molar-refractivity contribution in [3.8, 4) is 5.75 Å². The van der Waals surface area contributed by atoms with Gasteiger partial charge in [0.1, 0.15) is 17.5 Å². The van der Waals surface area contributed by atoms with Crippen LogP contribution in [0.15, 0.2) is 60.8 Å². The summed E-state index contributed by atoms with van der Waals surface area (Å²) >= 11 is 0. The van der Waals surface area contributed by atoms with E-state index < -0.39 is 30.2 Å². The van der Waals surface area contributed by atoms with Crippen molar-refractivity contribution in [1.82, 2.24) is 14.9 Å². The highest BCUT2D eigenvalue weighted by Gasteiger charge is 2.45. The van der Waals surface area contributed by atoms with E-state index in [4.69, 9.17) is 4.74 Å². The van der Waals surface area contributed by atoms with Crippen molar-refractivity contribution in [2.45, 2.75) is 45.3 Å². The summed E-state index contributed by atoms with van der Waals surface area (Å²) in [5.41, 5.74) is 0.0598. The minimum absolute atomic E-state index is 0.108. The number of hydrogen-bond acceptors (Lipinski definition) is 8. The number of aromatic nitrogens is 2. The molecule has 0 bridgehead atoms. The third-order valence-corrected chi connectivity index (χ3v) is 7.05. The lowest BCUT2D eigenvalue weighted by Crippen LogP contribution is -2.40. The molecular weight excluding hydrogens is 581 g/mol. The summed E-state index contributed by atoms with van der Waals surface area (Å²) < 4.78 is 46.8. The van der Waals surface area contributed by atoms with Crippen molar-refractivity contribution in [2.75, 3.05) is 41.3 Å². The van der Waals surface area contributed by atoms with E-state index in [1.165, 1.54) is 36.4 Å². The largest absolute Gasteiger partial charge is 0.480 e. The molecule has 0 unspecified atom stereocenters. The number of para-hydroxylation sites is 1. The molecule has 1 aliphatic heterocycles. The average Bonchev–Trinajstić information content (AvgIpc) is 3.55. The number of nitrogens with zero attached hydrogens (tertiary/aromatic N) is 5. The summed E-state index contributed by atoms with van der Waals surface area (Å²) in [6.45, 7) is 5.86. The molecule has 1 atom stereocenters. The minimum Gasteiger partial charge on any atom is -0.480 e. The first-order chi connectivity index (χ1) is 21.0. The number of nitrogens with one attached hydrogen (secondary N) is 1. The Morgan fingerprint density at radius 2 is 1.66 bits per heavy atom. The van der Waals surface area contributed by atoms with Crippen molar-refractivity contribution in [3.05, 3.63) is 66.4 Å². The summed E-state index contributed by atoms with van der Waals surface area (Å²) in [4.78, 5) is 49.7. The van der Waals surface area contributed by atoms with Crippen LogP contribution in [0.3, 0.4) is 0 Å². The Morgan fingerprint density at radius 3 is 2.23 bits per heavy atom. The molecule has 234 valence electrons. The maximum Gasteiger partial charge on any atom is 0.472 e. The highest BCUT2D eigenvalue weighted by Crippen LogP contribution is 2.36. The molecule has 1 saturated heterocycles. The molecule has 2 amide bonds. The van der Waals surface area contributed by atoms with Crippen molar-refractivity contribution in [3.63, 3.8) is 0 Å². The van der Waals surface area contributed by atoms with Crippen LogP contribution < -0.4 is 19.9 Å². The van der Waals surface area contributed by atoms with E-state index in [0.717, 1.165) is 19.0 Å². The van der Waals surface area contributed by atoms with Gasteiger partial charge < -0.3 is 25.0 Å². The zero-order valence-electron chi connectivity index (χ0n) is 24.3. The molecule has 0 radical (unpaired) electrons. The zero-order chi connectivity index (χ0) is 31.9. The maximum atomic E-state index is 13.8. The fourth-order valence-electron chi connectivity index (χ4n) is 4.72. The van der Waals surface area contributed by atoms with Crippen molar-refractivity contribution in [1.29, 1.82) is 0 Å². The van der Waals surface area contributed by atoms with Crippen molar-refractivity contribution in [2.24, 2.45) is 0 Å². The smallest absolute Gasteiger partial charge is 0.472 e. The lowest BCUT2D eigenvalue weighted by atomic mass is 10.1. The Balaban J connectivity index is 1.67. The number of carbonyl (C=O) groups is 3. The minimum atomic E-state index is -5.25. The number of benzene rings is 2. The van der Waals surface area contributed by atoms with Crippen LogP contribution in [-0.2, 0) is 16.0 Å². The number of carboxylic acid groups (broad SMARTS) is 1. The monoisotopic (exact) mass is 614 g/mol. The molecule has 2 N–H and O–H groups in total. The molecule has 2 aromatic carbocycles. The Morgan fingerprint density at radius 1 is 1.02 bits per heavy atom. The Kier molecular flexibility index (Phi) is 10.2. The SMILES string of the molecule is CCN(CC)c1ncc(N(C(=O)C(F)(F)F)c2ccccc2)c(N[C@@H](Cc2ccc(OC(=O)N3CCCC3)cc2)C(=O)O)n1. The number of anilines is 4. The van der Waals surface area contributed by atoms with Crippen LogP contribution >= 0.6 is 0 Å². The van der Waals surface area contributed by atoms with Crippen LogP contribution in [0.1, 0.15) is 32.3 Å². The molecule has 4 rings (SSSR count). The Bertz CT molecular complexity index is 1450. The number of halogens is 3. The third-order valence-electron chi connectivity index (χ3n) is 7.05. The number of ether oxygens (including phenoxy) is 1. The average molecular weight is 615 g/mol. The fourth-order valence-corrected chi connectivity index (χ4v) is 4.72. The summed E-state index contributed by atoms with van der Waals surface area (Å²) in [5, 5.41) is 12.8. The second kappa shape index (κ2) is 14.1. The molecule has 0 spiro atoms. The van der Waals surface area contributed by atoms with Gasteiger partial charge in [-0.25, -0.2) is 14.6 Å². The topological polar surface area (TPSA) is 128 Å². The van der Waals surface area contributed by atoms with Gasteiger partial charge in [0.25, 0.3) is 0 Å². The Labute approximate surface area is 252 Å². The van der Waals surface area contributed by atoms with Gasteiger partial charge in [-0.05, 0) is 56.5 Å². The normalized spacial score (nSPS) is 13.7. The molecule has 14 heteroatoms. The van der Waals surface area contributed by atoms with Crippen LogP contribution in [0.2, 0.25) is 0 Å². The number of amides is 2. The summed E-state index contributed by atoms with van der Waals surface area (Å²) in [6.07, 6.45) is -2.93. The number of hydrogen-bond donors (Lipinski definition) is 2. The number of aliphatic carboxylic acids is 1. The number of carbonyl (C=O) groups excluding carboxylic acids is 2. The molecule has 11 nitrogen and oxygen atoms in total. The lowest BCUT2D eigenvalue weighted by molar-refractivity contribution is -0.169. The van der Waals surface area contributed by atoms with Crippen LogP contribution in [-0.4, -0.2) is 76.3 Å². The summed E-state index contributed by atoms with van der Waals surface area (Å²) in [6, 6.07) is 12.0. The number of rotatable bonds is 11. The molecule has 0 aliphatic carbocycles. The van der Waals surface area contributed by atoms with E-state index in [-0.39, 0.29) is 35.3 Å². The van der Waals surface area contributed by atoms with Crippen LogP contribution in [0.5, 0.6) is 5.75 Å². The molecule has 44 heavy (non-hydrogen) atoms. The quantitative estimate of drug-likeness (QED) is 0.298. The van der Waals surface area contributed by atoms with Gasteiger partial charge in [-0.1, -0.05) is 30.3 Å². The van der Waals surface area contributed by atoms with Crippen molar-refractivity contribution < 1.29 is 37.4 Å². The van der Waals surface area contributed by atoms with E-state index in [2.05, 4.69) is 15.3 Å². The molecule has 2 heterocycles. The number of likely N-dealkylation sites (tertiary alicyclic amines) is 1.